The molecule has 0 saturated heterocycles. The number of carbonyl (C=O) groups excluding carboxylic acids is 1. The zero-order valence-electron chi connectivity index (χ0n) is 13.5. The summed E-state index contributed by atoms with van der Waals surface area (Å²) >= 11 is 0. The molecule has 1 rings (SSSR count). The molecule has 1 aromatic rings. The van der Waals surface area contributed by atoms with E-state index in [1.54, 1.807) is 28.0 Å². The van der Waals surface area contributed by atoms with E-state index in [2.05, 4.69) is 5.32 Å². The fraction of sp³-hybridized carbons (Fsp3) is 0.667. The second kappa shape index (κ2) is 7.47. The first-order chi connectivity index (χ1) is 9.76. The number of hydrogen-bond donors (Lipinski definition) is 2. The van der Waals surface area contributed by atoms with Crippen molar-refractivity contribution in [3.63, 3.8) is 0 Å². The maximum absolute atomic E-state index is 12.2. The number of ether oxygens (including phenoxy) is 1. The summed E-state index contributed by atoms with van der Waals surface area (Å²) in [5.74, 6) is 1.53. The molecule has 1 heterocycles. The molecule has 21 heavy (non-hydrogen) atoms. The van der Waals surface area contributed by atoms with Gasteiger partial charge in [-0.15, -0.1) is 0 Å². The Kier molecular flexibility index (Phi) is 6.23. The molecule has 0 aliphatic heterocycles. The van der Waals surface area contributed by atoms with Gasteiger partial charge in [0.1, 0.15) is 17.6 Å². The molecule has 120 valence electrons. The predicted molar refractivity (Wildman–Crippen MR) is 80.2 cm³/mol. The Hall–Kier alpha value is -1.53. The third-order valence-electron chi connectivity index (χ3n) is 2.98. The second-order valence-electron chi connectivity index (χ2n) is 5.78. The Morgan fingerprint density at radius 3 is 2.67 bits per heavy atom. The van der Waals surface area contributed by atoms with E-state index in [9.17, 15) is 9.90 Å². The van der Waals surface area contributed by atoms with Gasteiger partial charge < -0.3 is 24.5 Å². The molecule has 2 amide bonds. The number of urea groups is 1. The fourth-order valence-electron chi connectivity index (χ4n) is 2.04. The first-order valence-electron chi connectivity index (χ1n) is 7.08. The molecule has 0 aromatic carbocycles. The SMILES string of the molecule is CCc1ccc(C(COC)NC(=O)N(C)CC(C)(C)O)o1. The van der Waals surface area contributed by atoms with Crippen LogP contribution in [0.1, 0.15) is 38.3 Å². The van der Waals surface area contributed by atoms with Crippen molar-refractivity contribution < 1.29 is 19.1 Å². The van der Waals surface area contributed by atoms with Crippen LogP contribution in [0.4, 0.5) is 4.79 Å². The van der Waals surface area contributed by atoms with Gasteiger partial charge in [-0.3, -0.25) is 0 Å². The van der Waals surface area contributed by atoms with Crippen LogP contribution in [0.2, 0.25) is 0 Å². The smallest absolute Gasteiger partial charge is 0.317 e. The first kappa shape index (κ1) is 17.5. The minimum absolute atomic E-state index is 0.233. The van der Waals surface area contributed by atoms with Crippen molar-refractivity contribution in [3.05, 3.63) is 23.7 Å². The molecule has 1 aromatic heterocycles. The third kappa shape index (κ3) is 5.77. The van der Waals surface area contributed by atoms with E-state index in [0.717, 1.165) is 12.2 Å². The van der Waals surface area contributed by atoms with Crippen molar-refractivity contribution in [2.45, 2.75) is 38.8 Å². The zero-order chi connectivity index (χ0) is 16.0. The molecule has 0 spiro atoms. The van der Waals surface area contributed by atoms with Crippen LogP contribution in [0.15, 0.2) is 16.5 Å². The Bertz CT molecular complexity index is 451. The van der Waals surface area contributed by atoms with E-state index < -0.39 is 5.60 Å². The summed E-state index contributed by atoms with van der Waals surface area (Å²) in [7, 11) is 3.21. The average molecular weight is 298 g/mol. The summed E-state index contributed by atoms with van der Waals surface area (Å²) in [6, 6.07) is 3.10. The van der Waals surface area contributed by atoms with E-state index in [1.165, 1.54) is 4.90 Å². The van der Waals surface area contributed by atoms with Gasteiger partial charge in [0.25, 0.3) is 0 Å². The molecule has 0 radical (unpaired) electrons. The number of hydrogen-bond acceptors (Lipinski definition) is 4. The Balaban J connectivity index is 2.71. The van der Waals surface area contributed by atoms with Crippen LogP contribution in [0.3, 0.4) is 0 Å². The lowest BCUT2D eigenvalue weighted by molar-refractivity contribution is 0.0518. The molecule has 0 bridgehead atoms. The van der Waals surface area contributed by atoms with Crippen molar-refractivity contribution in [3.8, 4) is 0 Å². The van der Waals surface area contributed by atoms with Gasteiger partial charge in [0.2, 0.25) is 0 Å². The van der Waals surface area contributed by atoms with Gasteiger partial charge in [-0.2, -0.15) is 0 Å². The predicted octanol–water partition coefficient (Wildman–Crippen LogP) is 1.94. The number of nitrogens with one attached hydrogen (secondary N) is 1. The summed E-state index contributed by atoms with van der Waals surface area (Å²) in [5.41, 5.74) is -0.942. The van der Waals surface area contributed by atoms with Crippen molar-refractivity contribution in [2.24, 2.45) is 0 Å². The van der Waals surface area contributed by atoms with Crippen LogP contribution >= 0.6 is 0 Å². The average Bonchev–Trinajstić information content (AvgIpc) is 2.84. The minimum atomic E-state index is -0.942. The molecule has 2 N–H and O–H groups in total. The molecule has 6 nitrogen and oxygen atoms in total. The summed E-state index contributed by atoms with van der Waals surface area (Å²) in [6.45, 7) is 5.87. The topological polar surface area (TPSA) is 74.9 Å². The van der Waals surface area contributed by atoms with Crippen molar-refractivity contribution in [1.29, 1.82) is 0 Å². The standard InChI is InChI=1S/C15H26N2O4/c1-6-11-7-8-13(21-11)12(9-20-5)16-14(18)17(4)10-15(2,3)19/h7-8,12,19H,6,9-10H2,1-5H3,(H,16,18). The minimum Gasteiger partial charge on any atom is -0.464 e. The maximum Gasteiger partial charge on any atom is 0.317 e. The van der Waals surface area contributed by atoms with Gasteiger partial charge >= 0.3 is 6.03 Å². The lowest BCUT2D eigenvalue weighted by Gasteiger charge is -2.27. The molecule has 0 fully saturated rings. The van der Waals surface area contributed by atoms with Gasteiger partial charge in [-0.05, 0) is 26.0 Å². The van der Waals surface area contributed by atoms with E-state index in [4.69, 9.17) is 9.15 Å². The summed E-state index contributed by atoms with van der Waals surface area (Å²) in [4.78, 5) is 13.6. The second-order valence-corrected chi connectivity index (χ2v) is 5.78. The van der Waals surface area contributed by atoms with E-state index in [0.29, 0.717) is 12.4 Å². The number of furan rings is 1. The highest BCUT2D eigenvalue weighted by Gasteiger charge is 2.23. The Morgan fingerprint density at radius 1 is 1.52 bits per heavy atom. The highest BCUT2D eigenvalue weighted by atomic mass is 16.5. The highest BCUT2D eigenvalue weighted by Crippen LogP contribution is 2.18. The van der Waals surface area contributed by atoms with Gasteiger partial charge in [0.05, 0.1) is 18.8 Å². The number of aliphatic hydroxyl groups is 1. The van der Waals surface area contributed by atoms with Gasteiger partial charge in [-0.1, -0.05) is 6.92 Å². The van der Waals surface area contributed by atoms with E-state index in [1.807, 2.05) is 19.1 Å². The van der Waals surface area contributed by atoms with Crippen LogP contribution in [0.25, 0.3) is 0 Å². The number of methoxy groups -OCH3 is 1. The monoisotopic (exact) mass is 298 g/mol. The van der Waals surface area contributed by atoms with Crippen LogP contribution in [-0.4, -0.2) is 48.9 Å². The molecular formula is C15H26N2O4. The third-order valence-corrected chi connectivity index (χ3v) is 2.98. The quantitative estimate of drug-likeness (QED) is 0.806. The first-order valence-corrected chi connectivity index (χ1v) is 7.08. The number of nitrogens with zero attached hydrogens (tertiary/aromatic N) is 1. The molecular weight excluding hydrogens is 272 g/mol. The zero-order valence-corrected chi connectivity index (χ0v) is 13.5. The molecule has 1 unspecified atom stereocenters. The van der Waals surface area contributed by atoms with E-state index >= 15 is 0 Å². The number of likely N-dealkylation sites (N-methyl/N-ethyl adjacent to an activating group) is 1. The van der Waals surface area contributed by atoms with E-state index in [-0.39, 0.29) is 18.6 Å². The fourth-order valence-corrected chi connectivity index (χ4v) is 2.04. The maximum atomic E-state index is 12.2. The lowest BCUT2D eigenvalue weighted by atomic mass is 10.1. The van der Waals surface area contributed by atoms with Gasteiger partial charge in [0.15, 0.2) is 0 Å². The molecule has 0 saturated carbocycles. The summed E-state index contributed by atoms with van der Waals surface area (Å²) < 4.78 is 10.8. The normalized spacial score (nSPS) is 13.0. The van der Waals surface area contributed by atoms with Gasteiger partial charge in [-0.25, -0.2) is 4.79 Å². The number of carbonyl (C=O) groups is 1. The molecule has 1 atom stereocenters. The summed E-state index contributed by atoms with van der Waals surface area (Å²) in [5, 5.41) is 12.6. The van der Waals surface area contributed by atoms with Crippen LogP contribution < -0.4 is 5.32 Å². The van der Waals surface area contributed by atoms with Crippen molar-refractivity contribution in [1.82, 2.24) is 10.2 Å². The molecule has 0 aliphatic carbocycles. The summed E-state index contributed by atoms with van der Waals surface area (Å²) in [6.07, 6.45) is 0.798. The molecule has 6 heteroatoms. The van der Waals surface area contributed by atoms with Crippen molar-refractivity contribution >= 4 is 6.03 Å². The lowest BCUT2D eigenvalue weighted by Crippen LogP contribution is -2.46. The molecule has 0 aliphatic rings. The Labute approximate surface area is 126 Å². The van der Waals surface area contributed by atoms with Gasteiger partial charge in [0, 0.05) is 20.6 Å². The number of amides is 2. The number of rotatable bonds is 7. The van der Waals surface area contributed by atoms with Crippen molar-refractivity contribution in [2.75, 3.05) is 27.3 Å². The van der Waals surface area contributed by atoms with Crippen LogP contribution in [-0.2, 0) is 11.2 Å². The van der Waals surface area contributed by atoms with Crippen LogP contribution in [0, 0.1) is 0 Å². The highest BCUT2D eigenvalue weighted by molar-refractivity contribution is 5.74. The largest absolute Gasteiger partial charge is 0.464 e. The number of aryl methyl sites for hydroxylation is 1. The van der Waals surface area contributed by atoms with Crippen LogP contribution in [0.5, 0.6) is 0 Å². The Morgan fingerprint density at radius 2 is 2.19 bits per heavy atom.